The summed E-state index contributed by atoms with van der Waals surface area (Å²) in [4.78, 5) is 0. The Morgan fingerprint density at radius 2 is 1.86 bits per heavy atom. The van der Waals surface area contributed by atoms with E-state index in [1.54, 1.807) is 6.92 Å². The molecule has 0 radical (unpaired) electrons. The molecule has 0 saturated heterocycles. The Bertz CT molecular complexity index is 758. The second kappa shape index (κ2) is 4.63. The number of hydrogen-bond acceptors (Lipinski definition) is 2. The van der Waals surface area contributed by atoms with Crippen molar-refractivity contribution in [1.82, 2.24) is 4.73 Å². The summed E-state index contributed by atoms with van der Waals surface area (Å²) in [6.45, 7) is 3.80. The lowest BCUT2D eigenvalue weighted by Gasteiger charge is -2.16. The van der Waals surface area contributed by atoms with Crippen LogP contribution < -0.4 is 4.73 Å². The number of nitrogens with zero attached hydrogens (tertiary/aromatic N) is 2. The van der Waals surface area contributed by atoms with Crippen LogP contribution in [0, 0.1) is 30.9 Å². The second-order valence-electron chi connectivity index (χ2n) is 6.65. The molecule has 1 aromatic heterocycles. The van der Waals surface area contributed by atoms with E-state index in [4.69, 9.17) is 0 Å². The summed E-state index contributed by atoms with van der Waals surface area (Å²) in [6, 6.07) is 7.90. The van der Waals surface area contributed by atoms with Gasteiger partial charge in [-0.15, -0.1) is 0 Å². The van der Waals surface area contributed by atoms with Gasteiger partial charge in [0.1, 0.15) is 0 Å². The number of hydrogen-bond donors (Lipinski definition) is 1. The van der Waals surface area contributed by atoms with Gasteiger partial charge in [-0.2, -0.15) is 0 Å². The van der Waals surface area contributed by atoms with Crippen LogP contribution in [-0.4, -0.2) is 9.94 Å². The number of allylic oxidation sites excluding steroid dienone is 2. The molecule has 3 unspecified atom stereocenters. The van der Waals surface area contributed by atoms with Crippen LogP contribution in [0.4, 0.5) is 0 Å². The fourth-order valence-electron chi connectivity index (χ4n) is 4.05. The number of benzene rings is 1. The molecule has 1 aromatic carbocycles. The summed E-state index contributed by atoms with van der Waals surface area (Å²) in [5.41, 5.74) is 3.20. The molecule has 2 bridgehead atoms. The Kier molecular flexibility index (Phi) is 2.83. The molecule has 4 nitrogen and oxygen atoms in total. The molecule has 3 atom stereocenters. The van der Waals surface area contributed by atoms with Crippen LogP contribution in [0.3, 0.4) is 0 Å². The molecule has 1 heterocycles. The summed E-state index contributed by atoms with van der Waals surface area (Å²) < 4.78 is 2.06. The highest BCUT2D eigenvalue weighted by atomic mass is 16.5. The molecular formula is C18H20N2O2. The third kappa shape index (κ3) is 1.79. The zero-order valence-corrected chi connectivity index (χ0v) is 12.9. The van der Waals surface area contributed by atoms with Crippen molar-refractivity contribution in [3.8, 4) is 11.3 Å². The molecule has 114 valence electrons. The maximum atomic E-state index is 12.6. The van der Waals surface area contributed by atoms with Crippen molar-refractivity contribution in [2.45, 2.75) is 32.6 Å². The van der Waals surface area contributed by atoms with Gasteiger partial charge in [-0.3, -0.25) is 0 Å². The summed E-state index contributed by atoms with van der Waals surface area (Å²) in [5, 5.41) is 23.3. The minimum atomic E-state index is 0.121. The molecule has 22 heavy (non-hydrogen) atoms. The first-order chi connectivity index (χ1) is 10.6. The molecule has 4 rings (SSSR count). The summed E-state index contributed by atoms with van der Waals surface area (Å²) in [5.74, 6) is 1.56. The smallest absolute Gasteiger partial charge is 0.303 e. The highest BCUT2D eigenvalue weighted by Crippen LogP contribution is 2.48. The van der Waals surface area contributed by atoms with Crippen molar-refractivity contribution >= 4 is 0 Å². The number of aromatic nitrogens is 2. The van der Waals surface area contributed by atoms with Gasteiger partial charge in [-0.25, -0.2) is 4.73 Å². The third-order valence-electron chi connectivity index (χ3n) is 5.22. The zero-order valence-electron chi connectivity index (χ0n) is 12.9. The fourth-order valence-corrected chi connectivity index (χ4v) is 4.05. The van der Waals surface area contributed by atoms with E-state index in [0.29, 0.717) is 29.0 Å². The Hall–Kier alpha value is -2.23. The lowest BCUT2D eigenvalue weighted by Crippen LogP contribution is -2.36. The monoisotopic (exact) mass is 296 g/mol. The quantitative estimate of drug-likeness (QED) is 0.400. The first-order valence-electron chi connectivity index (χ1n) is 7.85. The van der Waals surface area contributed by atoms with Crippen LogP contribution in [0.15, 0.2) is 36.4 Å². The highest BCUT2D eigenvalue weighted by Gasteiger charge is 2.44. The van der Waals surface area contributed by atoms with E-state index < -0.39 is 0 Å². The van der Waals surface area contributed by atoms with Gasteiger partial charge in [-0.05, 0) is 36.3 Å². The molecule has 1 fully saturated rings. The van der Waals surface area contributed by atoms with Crippen LogP contribution in [0.5, 0.6) is 0 Å². The predicted octanol–water partition coefficient (Wildman–Crippen LogP) is 3.32. The van der Waals surface area contributed by atoms with E-state index in [9.17, 15) is 10.4 Å². The molecule has 2 aromatic rings. The fraction of sp³-hybridized carbons (Fsp3) is 0.389. The SMILES string of the molecule is Cc1ccc(-c2c(C)[n+]([O-])c(C3CC4C=CC3C4)n2O)cc1. The number of rotatable bonds is 2. The average molecular weight is 296 g/mol. The Morgan fingerprint density at radius 3 is 2.45 bits per heavy atom. The molecule has 0 spiro atoms. The maximum absolute atomic E-state index is 12.6. The van der Waals surface area contributed by atoms with Crippen molar-refractivity contribution in [1.29, 1.82) is 0 Å². The van der Waals surface area contributed by atoms with Crippen molar-refractivity contribution in [2.24, 2.45) is 11.8 Å². The van der Waals surface area contributed by atoms with Gasteiger partial charge >= 0.3 is 5.82 Å². The van der Waals surface area contributed by atoms with E-state index in [2.05, 4.69) is 12.2 Å². The first kappa shape index (κ1) is 13.4. The number of imidazole rings is 1. The van der Waals surface area contributed by atoms with Gasteiger partial charge in [0.25, 0.3) is 0 Å². The molecule has 2 aliphatic carbocycles. The van der Waals surface area contributed by atoms with Gasteiger partial charge < -0.3 is 10.4 Å². The Morgan fingerprint density at radius 1 is 1.14 bits per heavy atom. The topological polar surface area (TPSA) is 52.1 Å². The van der Waals surface area contributed by atoms with E-state index in [0.717, 1.165) is 33.4 Å². The first-order valence-corrected chi connectivity index (χ1v) is 7.85. The normalized spacial score (nSPS) is 26.0. The van der Waals surface area contributed by atoms with Crippen LogP contribution in [0.25, 0.3) is 11.3 Å². The molecule has 1 saturated carbocycles. The van der Waals surface area contributed by atoms with Crippen LogP contribution in [0.2, 0.25) is 0 Å². The lowest BCUT2D eigenvalue weighted by atomic mass is 9.93. The van der Waals surface area contributed by atoms with E-state index in [-0.39, 0.29) is 5.92 Å². The van der Waals surface area contributed by atoms with Crippen molar-refractivity contribution in [3.63, 3.8) is 0 Å². The van der Waals surface area contributed by atoms with Gasteiger partial charge in [0.15, 0.2) is 5.69 Å². The van der Waals surface area contributed by atoms with Gasteiger partial charge in [0.2, 0.25) is 5.69 Å². The molecule has 1 N–H and O–H groups in total. The number of fused-ring (bicyclic) bond motifs is 2. The second-order valence-corrected chi connectivity index (χ2v) is 6.65. The van der Waals surface area contributed by atoms with Crippen LogP contribution >= 0.6 is 0 Å². The highest BCUT2D eigenvalue weighted by molar-refractivity contribution is 5.61. The Balaban J connectivity index is 1.83. The molecular weight excluding hydrogens is 276 g/mol. The van der Waals surface area contributed by atoms with Gasteiger partial charge in [-0.1, -0.05) is 42.0 Å². The van der Waals surface area contributed by atoms with Gasteiger partial charge in [0.05, 0.1) is 5.92 Å². The molecule has 0 amide bonds. The zero-order chi connectivity index (χ0) is 15.4. The lowest BCUT2D eigenvalue weighted by molar-refractivity contribution is -0.623. The largest absolute Gasteiger partial charge is 0.710 e. The van der Waals surface area contributed by atoms with Crippen LogP contribution in [-0.2, 0) is 0 Å². The molecule has 4 heteroatoms. The minimum absolute atomic E-state index is 0.121. The van der Waals surface area contributed by atoms with Crippen molar-refractivity contribution in [2.75, 3.05) is 0 Å². The van der Waals surface area contributed by atoms with Crippen molar-refractivity contribution in [3.05, 3.63) is 58.7 Å². The standard InChI is InChI=1S/C18H20N2O2/c1-11-3-6-14(7-4-11)17-12(2)19(21)18(20(17)22)16-10-13-5-8-15(16)9-13/h3-8,13,15-16,22H,9-10H2,1-2H3. The summed E-state index contributed by atoms with van der Waals surface area (Å²) in [6.07, 6.45) is 6.51. The predicted molar refractivity (Wildman–Crippen MR) is 83.6 cm³/mol. The molecule has 2 aliphatic rings. The van der Waals surface area contributed by atoms with E-state index in [1.165, 1.54) is 0 Å². The van der Waals surface area contributed by atoms with Crippen LogP contribution in [0.1, 0.15) is 35.8 Å². The molecule has 0 aliphatic heterocycles. The third-order valence-corrected chi connectivity index (χ3v) is 5.22. The minimum Gasteiger partial charge on any atom is -0.710 e. The van der Waals surface area contributed by atoms with E-state index in [1.807, 2.05) is 31.2 Å². The average Bonchev–Trinajstić information content (AvgIpc) is 3.17. The number of aryl methyl sites for hydroxylation is 1. The van der Waals surface area contributed by atoms with Crippen molar-refractivity contribution < 1.29 is 9.94 Å². The van der Waals surface area contributed by atoms with Gasteiger partial charge in [0, 0.05) is 12.5 Å². The maximum Gasteiger partial charge on any atom is 0.303 e. The summed E-state index contributed by atoms with van der Waals surface area (Å²) in [7, 11) is 0. The van der Waals surface area contributed by atoms with E-state index >= 15 is 0 Å². The Labute approximate surface area is 129 Å². The summed E-state index contributed by atoms with van der Waals surface area (Å²) >= 11 is 0.